The van der Waals surface area contributed by atoms with Crippen LogP contribution in [0.5, 0.6) is 5.75 Å². The third kappa shape index (κ3) is 1.92. The van der Waals surface area contributed by atoms with E-state index in [2.05, 4.69) is 62.4 Å². The molecule has 1 fully saturated rings. The van der Waals surface area contributed by atoms with Gasteiger partial charge in [-0.2, -0.15) is 0 Å². The monoisotopic (exact) mass is 394 g/mol. The van der Waals surface area contributed by atoms with E-state index in [4.69, 9.17) is 27.9 Å². The molecule has 0 N–H and O–H groups in total. The van der Waals surface area contributed by atoms with Gasteiger partial charge in [-0.05, 0) is 29.7 Å². The lowest BCUT2D eigenvalue weighted by atomic mass is 9.73. The predicted octanol–water partition coefficient (Wildman–Crippen LogP) is 6.61. The molecule has 0 bridgehead atoms. The molecule has 3 unspecified atom stereocenters. The van der Waals surface area contributed by atoms with Crippen LogP contribution in [-0.4, -0.2) is 4.33 Å². The topological polar surface area (TPSA) is 9.23 Å². The summed E-state index contributed by atoms with van der Waals surface area (Å²) in [5.74, 6) is 0.897. The molecule has 3 aromatic rings. The Bertz CT molecular complexity index is 1030. The summed E-state index contributed by atoms with van der Waals surface area (Å²) in [6.45, 7) is 4.31. The first-order chi connectivity index (χ1) is 12.9. The van der Waals surface area contributed by atoms with Gasteiger partial charge in [0.1, 0.15) is 5.75 Å². The van der Waals surface area contributed by atoms with Crippen LogP contribution in [0.1, 0.15) is 35.1 Å². The van der Waals surface area contributed by atoms with Gasteiger partial charge in [-0.25, -0.2) is 0 Å². The minimum atomic E-state index is -1.05. The number of rotatable bonds is 2. The van der Waals surface area contributed by atoms with Gasteiger partial charge in [-0.3, -0.25) is 0 Å². The fraction of sp³-hybridized carbons (Fsp3) is 0.250. The lowest BCUT2D eigenvalue weighted by molar-refractivity contribution is 0.102. The van der Waals surface area contributed by atoms with Gasteiger partial charge in [-0.15, -0.1) is 0 Å². The van der Waals surface area contributed by atoms with Crippen LogP contribution in [0.15, 0.2) is 78.9 Å². The summed E-state index contributed by atoms with van der Waals surface area (Å²) >= 11 is 14.1. The maximum absolute atomic E-state index is 7.07. The molecule has 136 valence electrons. The molecule has 1 aliphatic heterocycles. The zero-order chi connectivity index (χ0) is 18.9. The van der Waals surface area contributed by atoms with E-state index in [0.29, 0.717) is 0 Å². The van der Waals surface area contributed by atoms with Crippen molar-refractivity contribution in [1.29, 1.82) is 0 Å². The Hall–Kier alpha value is -1.96. The lowest BCUT2D eigenvalue weighted by Gasteiger charge is -2.37. The second-order valence-corrected chi connectivity index (χ2v) is 9.08. The SMILES string of the molecule is Cc1ccccc1C1c2ccccc2OC2(c3ccccc3)C(Cl)(Cl)C12C. The number of benzene rings is 3. The van der Waals surface area contributed by atoms with E-state index in [1.54, 1.807) is 0 Å². The summed E-state index contributed by atoms with van der Waals surface area (Å²) < 4.78 is 5.58. The summed E-state index contributed by atoms with van der Waals surface area (Å²) in [6.07, 6.45) is 0. The second-order valence-electron chi connectivity index (χ2n) is 7.75. The van der Waals surface area contributed by atoms with Gasteiger partial charge in [0.05, 0.1) is 5.41 Å². The zero-order valence-corrected chi connectivity index (χ0v) is 16.8. The Labute approximate surface area is 169 Å². The van der Waals surface area contributed by atoms with Crippen molar-refractivity contribution in [1.82, 2.24) is 0 Å². The van der Waals surface area contributed by atoms with Gasteiger partial charge in [-0.1, -0.05) is 103 Å². The molecular formula is C24H20Cl2O. The fourth-order valence-corrected chi connectivity index (χ4v) is 6.14. The molecule has 0 radical (unpaired) electrons. The van der Waals surface area contributed by atoms with E-state index in [9.17, 15) is 0 Å². The van der Waals surface area contributed by atoms with Crippen molar-refractivity contribution >= 4 is 23.2 Å². The van der Waals surface area contributed by atoms with Crippen molar-refractivity contribution in [3.05, 3.63) is 101 Å². The number of halogens is 2. The lowest BCUT2D eigenvalue weighted by Crippen LogP contribution is -2.33. The van der Waals surface area contributed by atoms with Crippen LogP contribution in [0, 0.1) is 12.3 Å². The van der Waals surface area contributed by atoms with E-state index in [-0.39, 0.29) is 5.92 Å². The van der Waals surface area contributed by atoms with Crippen molar-refractivity contribution in [3.63, 3.8) is 0 Å². The third-order valence-corrected chi connectivity index (χ3v) is 7.83. The highest BCUT2D eigenvalue weighted by molar-refractivity contribution is 6.53. The zero-order valence-electron chi connectivity index (χ0n) is 15.2. The molecule has 1 heterocycles. The van der Waals surface area contributed by atoms with Crippen LogP contribution < -0.4 is 4.74 Å². The van der Waals surface area contributed by atoms with E-state index in [1.165, 1.54) is 11.1 Å². The van der Waals surface area contributed by atoms with Crippen molar-refractivity contribution in [3.8, 4) is 5.75 Å². The quantitative estimate of drug-likeness (QED) is 0.444. The summed E-state index contributed by atoms with van der Waals surface area (Å²) in [4.78, 5) is 0. The van der Waals surface area contributed by atoms with Crippen molar-refractivity contribution in [2.24, 2.45) is 5.41 Å². The van der Waals surface area contributed by atoms with Crippen molar-refractivity contribution < 1.29 is 4.74 Å². The van der Waals surface area contributed by atoms with Crippen LogP contribution in [0.3, 0.4) is 0 Å². The minimum absolute atomic E-state index is 0.0406. The number of fused-ring (bicyclic) bond motifs is 2. The number of alkyl halides is 2. The molecule has 0 amide bonds. The summed E-state index contributed by atoms with van der Waals surface area (Å²) in [7, 11) is 0. The predicted molar refractivity (Wildman–Crippen MR) is 111 cm³/mol. The van der Waals surface area contributed by atoms with E-state index in [1.807, 2.05) is 30.3 Å². The Morgan fingerprint density at radius 3 is 2.07 bits per heavy atom. The maximum Gasteiger partial charge on any atom is 0.177 e. The minimum Gasteiger partial charge on any atom is -0.478 e. The Balaban J connectivity index is 1.82. The first-order valence-electron chi connectivity index (χ1n) is 9.22. The number of hydrogen-bond acceptors (Lipinski definition) is 1. The molecule has 27 heavy (non-hydrogen) atoms. The average molecular weight is 395 g/mol. The van der Waals surface area contributed by atoms with Crippen LogP contribution in [0.2, 0.25) is 0 Å². The summed E-state index contributed by atoms with van der Waals surface area (Å²) in [6, 6.07) is 26.8. The van der Waals surface area contributed by atoms with Crippen LogP contribution in [0.25, 0.3) is 0 Å². The average Bonchev–Trinajstić information content (AvgIpc) is 3.09. The Morgan fingerprint density at radius 1 is 0.778 bits per heavy atom. The highest BCUT2D eigenvalue weighted by Gasteiger charge is 2.91. The molecule has 1 nitrogen and oxygen atoms in total. The molecule has 0 aromatic heterocycles. The van der Waals surface area contributed by atoms with Crippen LogP contribution >= 0.6 is 23.2 Å². The standard InChI is InChI=1S/C24H20Cl2O/c1-16-10-6-7-13-18(16)21-19-14-8-9-15-20(19)27-23(17-11-4-3-5-12-17)22(21,2)24(23,25)26/h3-15,21H,1-2H3. The number of ether oxygens (including phenoxy) is 1. The second kappa shape index (κ2) is 5.53. The molecule has 5 rings (SSSR count). The van der Waals surface area contributed by atoms with Gasteiger partial charge in [0.2, 0.25) is 0 Å². The van der Waals surface area contributed by atoms with Gasteiger partial charge < -0.3 is 4.74 Å². The van der Waals surface area contributed by atoms with Gasteiger partial charge in [0.15, 0.2) is 9.93 Å². The Morgan fingerprint density at radius 2 is 1.37 bits per heavy atom. The molecular weight excluding hydrogens is 375 g/mol. The normalized spacial score (nSPS) is 30.0. The third-order valence-electron chi connectivity index (χ3n) is 6.51. The van der Waals surface area contributed by atoms with Crippen LogP contribution in [-0.2, 0) is 5.60 Å². The first-order valence-corrected chi connectivity index (χ1v) is 9.97. The highest BCUT2D eigenvalue weighted by atomic mass is 35.5. The van der Waals surface area contributed by atoms with Crippen LogP contribution in [0.4, 0.5) is 0 Å². The van der Waals surface area contributed by atoms with Gasteiger partial charge >= 0.3 is 0 Å². The first kappa shape index (κ1) is 17.2. The smallest absolute Gasteiger partial charge is 0.177 e. The number of aryl methyl sites for hydroxylation is 1. The van der Waals surface area contributed by atoms with E-state index >= 15 is 0 Å². The largest absolute Gasteiger partial charge is 0.478 e. The molecule has 1 aliphatic carbocycles. The molecule has 3 aromatic carbocycles. The summed E-state index contributed by atoms with van der Waals surface area (Å²) in [5.41, 5.74) is 3.36. The molecule has 3 atom stereocenters. The molecule has 2 aliphatic rings. The maximum atomic E-state index is 7.07. The summed E-state index contributed by atoms with van der Waals surface area (Å²) in [5, 5.41) is 0. The fourth-order valence-electron chi connectivity index (χ4n) is 5.06. The molecule has 0 spiro atoms. The molecule has 3 heteroatoms. The number of hydrogen-bond donors (Lipinski definition) is 0. The number of para-hydroxylation sites is 1. The highest BCUT2D eigenvalue weighted by Crippen LogP contribution is 2.85. The van der Waals surface area contributed by atoms with E-state index in [0.717, 1.165) is 16.9 Å². The Kier molecular flexibility index (Phi) is 3.51. The van der Waals surface area contributed by atoms with Crippen molar-refractivity contribution in [2.45, 2.75) is 29.7 Å². The molecule has 1 saturated carbocycles. The van der Waals surface area contributed by atoms with Gasteiger partial charge in [0.25, 0.3) is 0 Å². The van der Waals surface area contributed by atoms with E-state index < -0.39 is 15.3 Å². The van der Waals surface area contributed by atoms with Gasteiger partial charge in [0, 0.05) is 11.5 Å². The molecule has 0 saturated heterocycles. The van der Waals surface area contributed by atoms with Crippen molar-refractivity contribution in [2.75, 3.05) is 0 Å².